The summed E-state index contributed by atoms with van der Waals surface area (Å²) in [5, 5.41) is -0.426. The summed E-state index contributed by atoms with van der Waals surface area (Å²) in [7, 11) is 0. The average molecular weight is 310 g/mol. The molecule has 0 atom stereocenters. The molecule has 0 aromatic carbocycles. The standard InChI is InChI=1S/C7H2BrClF5N/c8-2-1-3(9)15-5(6(10)11)4(2)7(12,13)14/h1,6H. The lowest BCUT2D eigenvalue weighted by molar-refractivity contribution is -0.140. The second-order valence-electron chi connectivity index (χ2n) is 2.49. The Hall–Kier alpha value is -0.430. The Labute approximate surface area is 94.4 Å². The molecule has 0 fully saturated rings. The highest BCUT2D eigenvalue weighted by atomic mass is 79.9. The lowest BCUT2D eigenvalue weighted by Crippen LogP contribution is -2.12. The van der Waals surface area contributed by atoms with Crippen LogP contribution in [0.2, 0.25) is 5.15 Å². The molecule has 1 heterocycles. The highest BCUT2D eigenvalue weighted by molar-refractivity contribution is 9.10. The molecule has 1 nitrogen and oxygen atoms in total. The van der Waals surface area contributed by atoms with Crippen LogP contribution in [-0.2, 0) is 6.18 Å². The average Bonchev–Trinajstić information content (AvgIpc) is 1.99. The molecule has 0 bridgehead atoms. The summed E-state index contributed by atoms with van der Waals surface area (Å²) in [5.74, 6) is 0. The molecule has 0 aliphatic heterocycles. The Morgan fingerprint density at radius 1 is 1.33 bits per heavy atom. The van der Waals surface area contributed by atoms with Gasteiger partial charge < -0.3 is 0 Å². The van der Waals surface area contributed by atoms with E-state index in [4.69, 9.17) is 11.6 Å². The molecule has 0 unspecified atom stereocenters. The molecule has 1 aromatic heterocycles. The maximum Gasteiger partial charge on any atom is 0.419 e. The third-order valence-electron chi connectivity index (χ3n) is 1.46. The molecule has 0 spiro atoms. The number of nitrogens with zero attached hydrogens (tertiary/aromatic N) is 1. The van der Waals surface area contributed by atoms with Crippen LogP contribution >= 0.6 is 27.5 Å². The lowest BCUT2D eigenvalue weighted by atomic mass is 10.2. The van der Waals surface area contributed by atoms with Gasteiger partial charge >= 0.3 is 6.18 Å². The lowest BCUT2D eigenvalue weighted by Gasteiger charge is -2.13. The number of hydrogen-bond donors (Lipinski definition) is 0. The zero-order chi connectivity index (χ0) is 11.8. The van der Waals surface area contributed by atoms with Crippen molar-refractivity contribution < 1.29 is 22.0 Å². The van der Waals surface area contributed by atoms with Crippen molar-refractivity contribution in [2.75, 3.05) is 0 Å². The smallest absolute Gasteiger partial charge is 0.234 e. The Bertz CT molecular complexity index is 378. The molecule has 0 aliphatic rings. The van der Waals surface area contributed by atoms with Crippen LogP contribution in [0.1, 0.15) is 17.7 Å². The topological polar surface area (TPSA) is 12.9 Å². The molecule has 0 saturated carbocycles. The van der Waals surface area contributed by atoms with Gasteiger partial charge in [-0.1, -0.05) is 11.6 Å². The van der Waals surface area contributed by atoms with Crippen molar-refractivity contribution in [2.45, 2.75) is 12.6 Å². The molecule has 84 valence electrons. The third-order valence-corrected chi connectivity index (χ3v) is 2.28. The predicted octanol–water partition coefficient (Wildman–Crippen LogP) is 4.45. The van der Waals surface area contributed by atoms with Gasteiger partial charge in [0.2, 0.25) is 0 Å². The molecule has 0 amide bonds. The van der Waals surface area contributed by atoms with Gasteiger partial charge in [0.25, 0.3) is 6.43 Å². The Balaban J connectivity index is 3.48. The first-order chi connectivity index (χ1) is 6.73. The van der Waals surface area contributed by atoms with E-state index in [1.54, 1.807) is 0 Å². The Morgan fingerprint density at radius 3 is 2.27 bits per heavy atom. The van der Waals surface area contributed by atoms with Crippen LogP contribution in [0.15, 0.2) is 10.5 Å². The highest BCUT2D eigenvalue weighted by Crippen LogP contribution is 2.40. The van der Waals surface area contributed by atoms with E-state index in [1.165, 1.54) is 0 Å². The normalized spacial score (nSPS) is 12.3. The van der Waals surface area contributed by atoms with Gasteiger partial charge in [0, 0.05) is 4.47 Å². The maximum atomic E-state index is 12.4. The predicted molar refractivity (Wildman–Crippen MR) is 46.9 cm³/mol. The van der Waals surface area contributed by atoms with Crippen LogP contribution in [0, 0.1) is 0 Å². The quantitative estimate of drug-likeness (QED) is 0.551. The van der Waals surface area contributed by atoms with E-state index in [-0.39, 0.29) is 0 Å². The molecular formula is C7H2BrClF5N. The van der Waals surface area contributed by atoms with E-state index in [0.717, 1.165) is 6.07 Å². The molecule has 8 heteroatoms. The number of alkyl halides is 5. The third kappa shape index (κ3) is 2.78. The van der Waals surface area contributed by atoms with Crippen molar-refractivity contribution in [1.29, 1.82) is 0 Å². The van der Waals surface area contributed by atoms with Gasteiger partial charge in [0.15, 0.2) is 0 Å². The van der Waals surface area contributed by atoms with Crippen LogP contribution in [0.5, 0.6) is 0 Å². The summed E-state index contributed by atoms with van der Waals surface area (Å²) in [6, 6.07) is 0.816. The zero-order valence-corrected chi connectivity index (χ0v) is 9.09. The molecule has 1 rings (SSSR count). The van der Waals surface area contributed by atoms with Crippen molar-refractivity contribution in [3.05, 3.63) is 26.9 Å². The van der Waals surface area contributed by atoms with Gasteiger partial charge in [-0.15, -0.1) is 0 Å². The Morgan fingerprint density at radius 2 is 1.87 bits per heavy atom. The van der Waals surface area contributed by atoms with Crippen LogP contribution < -0.4 is 0 Å². The van der Waals surface area contributed by atoms with Crippen molar-refractivity contribution in [2.24, 2.45) is 0 Å². The van der Waals surface area contributed by atoms with Gasteiger partial charge in [-0.2, -0.15) is 13.2 Å². The van der Waals surface area contributed by atoms with Crippen molar-refractivity contribution in [3.63, 3.8) is 0 Å². The maximum absolute atomic E-state index is 12.4. The fraction of sp³-hybridized carbons (Fsp3) is 0.286. The monoisotopic (exact) mass is 309 g/mol. The van der Waals surface area contributed by atoms with E-state index in [1.807, 2.05) is 0 Å². The number of aromatic nitrogens is 1. The van der Waals surface area contributed by atoms with Gasteiger partial charge in [-0.25, -0.2) is 13.8 Å². The van der Waals surface area contributed by atoms with E-state index in [2.05, 4.69) is 20.9 Å². The Kier molecular flexibility index (Phi) is 3.55. The molecule has 0 N–H and O–H groups in total. The van der Waals surface area contributed by atoms with Gasteiger partial charge in [0.1, 0.15) is 10.8 Å². The fourth-order valence-corrected chi connectivity index (χ4v) is 1.92. The van der Waals surface area contributed by atoms with Crippen LogP contribution in [-0.4, -0.2) is 4.98 Å². The summed E-state index contributed by atoms with van der Waals surface area (Å²) in [6.45, 7) is 0. The number of hydrogen-bond acceptors (Lipinski definition) is 1. The summed E-state index contributed by atoms with van der Waals surface area (Å²) < 4.78 is 61.1. The van der Waals surface area contributed by atoms with E-state index in [9.17, 15) is 22.0 Å². The van der Waals surface area contributed by atoms with Gasteiger partial charge in [-0.05, 0) is 22.0 Å². The van der Waals surface area contributed by atoms with Crippen LogP contribution in [0.4, 0.5) is 22.0 Å². The second kappa shape index (κ2) is 4.21. The molecule has 1 aromatic rings. The molecule has 0 aliphatic carbocycles. The summed E-state index contributed by atoms with van der Waals surface area (Å²) in [4.78, 5) is 2.97. The summed E-state index contributed by atoms with van der Waals surface area (Å²) in [5.41, 5.74) is -2.87. The van der Waals surface area contributed by atoms with E-state index >= 15 is 0 Å². The van der Waals surface area contributed by atoms with E-state index in [0.29, 0.717) is 0 Å². The fourth-order valence-electron chi connectivity index (χ4n) is 0.941. The summed E-state index contributed by atoms with van der Waals surface area (Å²) >= 11 is 7.80. The second-order valence-corrected chi connectivity index (χ2v) is 3.73. The number of halogens is 7. The molecule has 0 radical (unpaired) electrons. The van der Waals surface area contributed by atoms with Crippen molar-refractivity contribution in [3.8, 4) is 0 Å². The summed E-state index contributed by atoms with van der Waals surface area (Å²) in [6.07, 6.45) is -8.24. The van der Waals surface area contributed by atoms with Crippen molar-refractivity contribution >= 4 is 27.5 Å². The minimum Gasteiger partial charge on any atom is -0.234 e. The zero-order valence-electron chi connectivity index (χ0n) is 6.75. The molecular weight excluding hydrogens is 308 g/mol. The van der Waals surface area contributed by atoms with Crippen molar-refractivity contribution in [1.82, 2.24) is 4.98 Å². The van der Waals surface area contributed by atoms with Gasteiger partial charge in [-0.3, -0.25) is 0 Å². The number of rotatable bonds is 1. The highest BCUT2D eigenvalue weighted by Gasteiger charge is 2.39. The minimum absolute atomic E-state index is 0.426. The first-order valence-corrected chi connectivity index (χ1v) is 4.62. The van der Waals surface area contributed by atoms with Gasteiger partial charge in [0.05, 0.1) is 5.56 Å². The SMILES string of the molecule is FC(F)c1nc(Cl)cc(Br)c1C(F)(F)F. The van der Waals surface area contributed by atoms with E-state index < -0.39 is 33.5 Å². The molecule has 15 heavy (non-hydrogen) atoms. The minimum atomic E-state index is -4.90. The molecule has 0 saturated heterocycles. The van der Waals surface area contributed by atoms with Crippen LogP contribution in [0.3, 0.4) is 0 Å². The first-order valence-electron chi connectivity index (χ1n) is 3.44. The largest absolute Gasteiger partial charge is 0.419 e. The number of pyridine rings is 1. The van der Waals surface area contributed by atoms with Crippen LogP contribution in [0.25, 0.3) is 0 Å². The first kappa shape index (κ1) is 12.6.